The Bertz CT molecular complexity index is 429. The van der Waals surface area contributed by atoms with Crippen LogP contribution in [0, 0.1) is 11.3 Å². The van der Waals surface area contributed by atoms with Gasteiger partial charge in [-0.05, 0) is 57.5 Å². The van der Waals surface area contributed by atoms with Crippen LogP contribution in [0.5, 0.6) is 0 Å². The molecule has 25 heavy (non-hydrogen) atoms. The minimum absolute atomic E-state index is 0.226. The summed E-state index contributed by atoms with van der Waals surface area (Å²) in [6, 6.07) is 0. The summed E-state index contributed by atoms with van der Waals surface area (Å²) in [7, 11) is 3.89. The quantitative estimate of drug-likeness (QED) is 0.721. The third kappa shape index (κ3) is 5.39. The number of likely N-dealkylation sites (tertiary alicyclic amines) is 1. The van der Waals surface area contributed by atoms with Crippen LogP contribution in [-0.2, 0) is 19.0 Å². The van der Waals surface area contributed by atoms with Crippen LogP contribution in [0.1, 0.15) is 32.1 Å². The first-order valence-electron chi connectivity index (χ1n) is 9.76. The normalized spacial score (nSPS) is 27.3. The number of piperidine rings is 1. The molecule has 6 nitrogen and oxygen atoms in total. The first-order chi connectivity index (χ1) is 12.1. The van der Waals surface area contributed by atoms with Crippen LogP contribution < -0.4 is 0 Å². The molecule has 0 aliphatic carbocycles. The van der Waals surface area contributed by atoms with Crippen molar-refractivity contribution in [2.45, 2.75) is 38.2 Å². The number of carbonyl (C=O) groups is 1. The van der Waals surface area contributed by atoms with Crippen molar-refractivity contribution in [3.63, 3.8) is 0 Å². The van der Waals surface area contributed by atoms with Crippen molar-refractivity contribution in [2.24, 2.45) is 11.3 Å². The highest BCUT2D eigenvalue weighted by atomic mass is 16.5. The summed E-state index contributed by atoms with van der Waals surface area (Å²) in [6.45, 7) is 6.36. The number of hydrogen-bond donors (Lipinski definition) is 0. The second kappa shape index (κ2) is 8.80. The summed E-state index contributed by atoms with van der Waals surface area (Å²) in [4.78, 5) is 16.1. The van der Waals surface area contributed by atoms with Crippen LogP contribution in [0.15, 0.2) is 0 Å². The van der Waals surface area contributed by atoms with Crippen molar-refractivity contribution < 1.29 is 19.0 Å². The summed E-state index contributed by atoms with van der Waals surface area (Å²) in [5.41, 5.74) is 0.265. The summed E-state index contributed by atoms with van der Waals surface area (Å²) >= 11 is 0. The maximum absolute atomic E-state index is 12.2. The van der Waals surface area contributed by atoms with Gasteiger partial charge in [0.25, 0.3) is 0 Å². The highest BCUT2D eigenvalue weighted by Gasteiger charge is 2.43. The van der Waals surface area contributed by atoms with E-state index in [4.69, 9.17) is 14.2 Å². The predicted octanol–water partition coefficient (Wildman–Crippen LogP) is 1.39. The predicted molar refractivity (Wildman–Crippen MR) is 95.5 cm³/mol. The Morgan fingerprint density at radius 1 is 1.20 bits per heavy atom. The van der Waals surface area contributed by atoms with E-state index in [0.29, 0.717) is 19.1 Å². The van der Waals surface area contributed by atoms with Crippen molar-refractivity contribution in [1.29, 1.82) is 0 Å². The zero-order valence-electron chi connectivity index (χ0n) is 15.9. The van der Waals surface area contributed by atoms with Crippen molar-refractivity contribution in [3.8, 4) is 0 Å². The van der Waals surface area contributed by atoms with E-state index in [2.05, 4.69) is 0 Å². The lowest BCUT2D eigenvalue weighted by Gasteiger charge is -2.38. The fourth-order valence-corrected chi connectivity index (χ4v) is 4.23. The third-order valence-corrected chi connectivity index (χ3v) is 5.91. The van der Waals surface area contributed by atoms with Crippen molar-refractivity contribution >= 4 is 5.91 Å². The van der Waals surface area contributed by atoms with Gasteiger partial charge in [0.2, 0.25) is 5.91 Å². The smallest absolute Gasteiger partial charge is 0.236 e. The molecule has 0 saturated carbocycles. The Balaban J connectivity index is 1.35. The number of carbonyl (C=O) groups excluding carboxylic acids is 1. The molecular formula is C19H34N2O4. The summed E-state index contributed by atoms with van der Waals surface area (Å²) in [5, 5.41) is 0. The van der Waals surface area contributed by atoms with Crippen LogP contribution in [0.2, 0.25) is 0 Å². The van der Waals surface area contributed by atoms with Gasteiger partial charge in [0, 0.05) is 32.9 Å². The molecule has 1 unspecified atom stereocenters. The fraction of sp³-hybridized carbons (Fsp3) is 0.947. The van der Waals surface area contributed by atoms with Crippen LogP contribution in [0.3, 0.4) is 0 Å². The fourth-order valence-electron chi connectivity index (χ4n) is 4.23. The van der Waals surface area contributed by atoms with Gasteiger partial charge in [-0.25, -0.2) is 0 Å². The van der Waals surface area contributed by atoms with Gasteiger partial charge in [-0.1, -0.05) is 0 Å². The average Bonchev–Trinajstić information content (AvgIpc) is 2.98. The standard InChI is InChI=1S/C19H34N2O4/c1-20(2)12-18(22)21-7-5-19(6-8-21)11-17(25-15-19)14-24-13-16-3-9-23-10-4-16/h16-17H,3-15H2,1-2H3. The van der Waals surface area contributed by atoms with Crippen LogP contribution >= 0.6 is 0 Å². The number of nitrogens with zero attached hydrogens (tertiary/aromatic N) is 2. The molecule has 0 aromatic rings. The van der Waals surface area contributed by atoms with E-state index in [1.165, 1.54) is 0 Å². The maximum atomic E-state index is 12.2. The third-order valence-electron chi connectivity index (χ3n) is 5.91. The molecule has 144 valence electrons. The SMILES string of the molecule is CN(C)CC(=O)N1CCC2(CC1)COC(COCC1CCOCC1)C2. The lowest BCUT2D eigenvalue weighted by atomic mass is 9.76. The number of amides is 1. The van der Waals surface area contributed by atoms with Gasteiger partial charge in [-0.2, -0.15) is 0 Å². The Morgan fingerprint density at radius 2 is 1.92 bits per heavy atom. The minimum Gasteiger partial charge on any atom is -0.381 e. The number of hydrogen-bond acceptors (Lipinski definition) is 5. The lowest BCUT2D eigenvalue weighted by molar-refractivity contribution is -0.134. The summed E-state index contributed by atoms with van der Waals surface area (Å²) < 4.78 is 17.4. The van der Waals surface area contributed by atoms with E-state index in [1.807, 2.05) is 23.9 Å². The molecule has 0 aromatic heterocycles. The molecule has 0 radical (unpaired) electrons. The average molecular weight is 354 g/mol. The number of likely N-dealkylation sites (N-methyl/N-ethyl adjacent to an activating group) is 1. The Kier molecular flexibility index (Phi) is 6.72. The first-order valence-corrected chi connectivity index (χ1v) is 9.76. The lowest BCUT2D eigenvalue weighted by Crippen LogP contribution is -2.46. The summed E-state index contributed by atoms with van der Waals surface area (Å²) in [6.07, 6.45) is 5.66. The second-order valence-electron chi connectivity index (χ2n) is 8.35. The Labute approximate surface area is 151 Å². The molecule has 3 fully saturated rings. The van der Waals surface area contributed by atoms with Crippen LogP contribution in [0.25, 0.3) is 0 Å². The molecule has 3 saturated heterocycles. The highest BCUT2D eigenvalue weighted by Crippen LogP contribution is 2.42. The largest absolute Gasteiger partial charge is 0.381 e. The van der Waals surface area contributed by atoms with Gasteiger partial charge in [-0.3, -0.25) is 4.79 Å². The summed E-state index contributed by atoms with van der Waals surface area (Å²) in [5.74, 6) is 0.894. The highest BCUT2D eigenvalue weighted by molar-refractivity contribution is 5.78. The molecule has 0 N–H and O–H groups in total. The van der Waals surface area contributed by atoms with Gasteiger partial charge in [-0.15, -0.1) is 0 Å². The van der Waals surface area contributed by atoms with Gasteiger partial charge in [0.15, 0.2) is 0 Å². The molecular weight excluding hydrogens is 320 g/mol. The molecule has 3 aliphatic heterocycles. The van der Waals surface area contributed by atoms with Gasteiger partial charge < -0.3 is 24.0 Å². The zero-order valence-corrected chi connectivity index (χ0v) is 15.9. The molecule has 0 aromatic carbocycles. The maximum Gasteiger partial charge on any atom is 0.236 e. The van der Waals surface area contributed by atoms with Gasteiger partial charge in [0.1, 0.15) is 0 Å². The molecule has 1 amide bonds. The van der Waals surface area contributed by atoms with E-state index >= 15 is 0 Å². The van der Waals surface area contributed by atoms with Gasteiger partial charge in [0.05, 0.1) is 25.9 Å². The molecule has 3 heterocycles. The van der Waals surface area contributed by atoms with E-state index < -0.39 is 0 Å². The van der Waals surface area contributed by atoms with Crippen LogP contribution in [-0.4, -0.2) is 88.6 Å². The van der Waals surface area contributed by atoms with E-state index in [0.717, 1.165) is 71.6 Å². The van der Waals surface area contributed by atoms with E-state index in [-0.39, 0.29) is 17.4 Å². The van der Waals surface area contributed by atoms with E-state index in [1.54, 1.807) is 0 Å². The minimum atomic E-state index is 0.226. The van der Waals surface area contributed by atoms with Crippen molar-refractivity contribution in [3.05, 3.63) is 0 Å². The molecule has 1 atom stereocenters. The van der Waals surface area contributed by atoms with Crippen LogP contribution in [0.4, 0.5) is 0 Å². The second-order valence-corrected chi connectivity index (χ2v) is 8.35. The molecule has 3 aliphatic rings. The first kappa shape index (κ1) is 19.1. The van der Waals surface area contributed by atoms with Crippen molar-refractivity contribution in [1.82, 2.24) is 9.80 Å². The molecule has 6 heteroatoms. The number of rotatable bonds is 6. The molecule has 3 rings (SSSR count). The molecule has 0 bridgehead atoms. The Morgan fingerprint density at radius 3 is 2.60 bits per heavy atom. The zero-order chi connectivity index (χ0) is 17.7. The van der Waals surface area contributed by atoms with Crippen molar-refractivity contribution in [2.75, 3.05) is 66.8 Å². The number of ether oxygens (including phenoxy) is 3. The van der Waals surface area contributed by atoms with E-state index in [9.17, 15) is 4.79 Å². The monoisotopic (exact) mass is 354 g/mol. The topological polar surface area (TPSA) is 51.2 Å². The van der Waals surface area contributed by atoms with Gasteiger partial charge >= 0.3 is 0 Å². The Hall–Kier alpha value is -0.690. The molecule has 1 spiro atoms.